The lowest BCUT2D eigenvalue weighted by molar-refractivity contribution is 0.884. The van der Waals surface area contributed by atoms with Crippen LogP contribution in [0.2, 0.25) is 5.02 Å². The third-order valence-corrected chi connectivity index (χ3v) is 6.59. The predicted octanol–water partition coefficient (Wildman–Crippen LogP) is 4.87. The zero-order valence-corrected chi connectivity index (χ0v) is 19.2. The average molecular weight is 482 g/mol. The van der Waals surface area contributed by atoms with Crippen molar-refractivity contribution in [1.82, 2.24) is 24.4 Å². The summed E-state index contributed by atoms with van der Waals surface area (Å²) in [5, 5.41) is 9.90. The average Bonchev–Trinajstić information content (AvgIpc) is 3.56. The van der Waals surface area contributed by atoms with Gasteiger partial charge >= 0.3 is 0 Å². The second kappa shape index (κ2) is 8.37. The molecule has 164 valence electrons. The van der Waals surface area contributed by atoms with E-state index in [1.165, 1.54) is 15.9 Å². The number of fused-ring (bicyclic) bond motifs is 1. The van der Waals surface area contributed by atoms with E-state index >= 15 is 0 Å². The van der Waals surface area contributed by atoms with Gasteiger partial charge < -0.3 is 0 Å². The third-order valence-electron chi connectivity index (χ3n) is 5.38. The highest BCUT2D eigenvalue weighted by molar-refractivity contribution is 7.15. The zero-order chi connectivity index (χ0) is 23.1. The molecule has 0 fully saturated rings. The molecule has 3 heterocycles. The molecule has 0 aliphatic heterocycles. The molecule has 0 amide bonds. The van der Waals surface area contributed by atoms with Crippen LogP contribution in [0, 0.1) is 0 Å². The lowest BCUT2D eigenvalue weighted by Gasteiger charge is -2.00. The summed E-state index contributed by atoms with van der Waals surface area (Å²) in [6, 6.07) is 27.0. The van der Waals surface area contributed by atoms with Crippen LogP contribution in [0.1, 0.15) is 5.56 Å². The third kappa shape index (κ3) is 3.71. The van der Waals surface area contributed by atoms with Gasteiger partial charge in [-0.15, -0.1) is 5.10 Å². The normalized spacial score (nSPS) is 12.0. The molecule has 6 rings (SSSR count). The van der Waals surface area contributed by atoms with Crippen LogP contribution in [0.5, 0.6) is 0 Å². The number of rotatable bonds is 4. The molecule has 0 atom stereocenters. The maximum Gasteiger partial charge on any atom is 0.291 e. The van der Waals surface area contributed by atoms with Crippen molar-refractivity contribution in [3.63, 3.8) is 0 Å². The van der Waals surface area contributed by atoms with Gasteiger partial charge in [-0.3, -0.25) is 4.79 Å². The summed E-state index contributed by atoms with van der Waals surface area (Å²) in [6.07, 6.45) is 3.77. The van der Waals surface area contributed by atoms with Crippen molar-refractivity contribution in [3.05, 3.63) is 117 Å². The summed E-state index contributed by atoms with van der Waals surface area (Å²) < 4.78 is 3.71. The van der Waals surface area contributed by atoms with E-state index < -0.39 is 0 Å². The lowest BCUT2D eigenvalue weighted by atomic mass is 10.1. The molecule has 0 unspecified atom stereocenters. The van der Waals surface area contributed by atoms with E-state index in [4.69, 9.17) is 16.7 Å². The van der Waals surface area contributed by atoms with Crippen LogP contribution in [0.4, 0.5) is 0 Å². The standard InChI is InChI=1S/C26H16ClN5OS/c27-20-13-11-17(12-14-20)23-19(16-31(29-23)21-9-5-2-6-10-21)15-22-25(33)32-26(34-22)28-24(30-32)18-7-3-1-4-8-18/h1-16H. The first kappa shape index (κ1) is 20.5. The van der Waals surface area contributed by atoms with Gasteiger partial charge in [0.05, 0.1) is 10.2 Å². The van der Waals surface area contributed by atoms with Crippen LogP contribution in [-0.2, 0) is 0 Å². The van der Waals surface area contributed by atoms with Crippen LogP contribution in [0.25, 0.3) is 39.4 Å². The molecule has 34 heavy (non-hydrogen) atoms. The zero-order valence-electron chi connectivity index (χ0n) is 17.7. The van der Waals surface area contributed by atoms with Crippen LogP contribution < -0.4 is 10.1 Å². The Bertz CT molecular complexity index is 1720. The van der Waals surface area contributed by atoms with Crippen LogP contribution in [-0.4, -0.2) is 24.4 Å². The minimum absolute atomic E-state index is 0.204. The molecule has 0 aliphatic rings. The maximum atomic E-state index is 13.1. The summed E-state index contributed by atoms with van der Waals surface area (Å²) in [5.41, 5.74) is 4.07. The molecule has 0 bridgehead atoms. The number of hydrogen-bond acceptors (Lipinski definition) is 5. The topological polar surface area (TPSA) is 65.1 Å². The summed E-state index contributed by atoms with van der Waals surface area (Å²) in [6.45, 7) is 0. The second-order valence-electron chi connectivity index (χ2n) is 7.63. The molecule has 0 radical (unpaired) electrons. The van der Waals surface area contributed by atoms with Crippen molar-refractivity contribution in [3.8, 4) is 28.3 Å². The van der Waals surface area contributed by atoms with E-state index in [2.05, 4.69) is 10.1 Å². The Morgan fingerprint density at radius 1 is 0.824 bits per heavy atom. The monoisotopic (exact) mass is 481 g/mol. The minimum atomic E-state index is -0.204. The van der Waals surface area contributed by atoms with Crippen molar-refractivity contribution in [2.45, 2.75) is 0 Å². The first-order valence-corrected chi connectivity index (χ1v) is 11.7. The molecule has 3 aromatic carbocycles. The molecule has 0 saturated carbocycles. The van der Waals surface area contributed by atoms with Gasteiger partial charge in [-0.2, -0.15) is 14.6 Å². The Balaban J connectivity index is 1.50. The van der Waals surface area contributed by atoms with Crippen molar-refractivity contribution >= 4 is 34.0 Å². The highest BCUT2D eigenvalue weighted by atomic mass is 35.5. The molecule has 0 N–H and O–H groups in total. The van der Waals surface area contributed by atoms with Crippen molar-refractivity contribution in [2.24, 2.45) is 0 Å². The minimum Gasteiger partial charge on any atom is -0.266 e. The van der Waals surface area contributed by atoms with E-state index in [1.54, 1.807) is 0 Å². The molecule has 6 aromatic rings. The quantitative estimate of drug-likeness (QED) is 0.360. The predicted molar refractivity (Wildman–Crippen MR) is 135 cm³/mol. The Kier molecular flexibility index (Phi) is 5.05. The van der Waals surface area contributed by atoms with E-state index in [0.717, 1.165) is 28.1 Å². The first-order chi connectivity index (χ1) is 16.7. The van der Waals surface area contributed by atoms with Crippen molar-refractivity contribution in [2.75, 3.05) is 0 Å². The maximum absolute atomic E-state index is 13.1. The van der Waals surface area contributed by atoms with Crippen molar-refractivity contribution < 1.29 is 0 Å². The molecular weight excluding hydrogens is 466 g/mol. The van der Waals surface area contributed by atoms with Gasteiger partial charge in [-0.1, -0.05) is 83.6 Å². The Morgan fingerprint density at radius 2 is 1.53 bits per heavy atom. The van der Waals surface area contributed by atoms with E-state index in [0.29, 0.717) is 20.3 Å². The second-order valence-corrected chi connectivity index (χ2v) is 9.08. The van der Waals surface area contributed by atoms with Crippen molar-refractivity contribution in [1.29, 1.82) is 0 Å². The van der Waals surface area contributed by atoms with Gasteiger partial charge in [-0.25, -0.2) is 4.68 Å². The number of hydrogen-bond donors (Lipinski definition) is 0. The molecule has 0 saturated heterocycles. The van der Waals surface area contributed by atoms with Gasteiger partial charge in [0, 0.05) is 27.9 Å². The number of para-hydroxylation sites is 1. The van der Waals surface area contributed by atoms with Gasteiger partial charge in [0.2, 0.25) is 4.96 Å². The Hall–Kier alpha value is -4.07. The lowest BCUT2D eigenvalue weighted by Crippen LogP contribution is -2.23. The fourth-order valence-corrected chi connectivity index (χ4v) is 4.75. The summed E-state index contributed by atoms with van der Waals surface area (Å²) in [4.78, 5) is 18.3. The largest absolute Gasteiger partial charge is 0.291 e. The highest BCUT2D eigenvalue weighted by Gasteiger charge is 2.15. The Labute approximate surface area is 203 Å². The van der Waals surface area contributed by atoms with Gasteiger partial charge in [0.15, 0.2) is 5.82 Å². The summed E-state index contributed by atoms with van der Waals surface area (Å²) >= 11 is 7.40. The molecule has 6 nitrogen and oxygen atoms in total. The van der Waals surface area contributed by atoms with Crippen LogP contribution >= 0.6 is 22.9 Å². The summed E-state index contributed by atoms with van der Waals surface area (Å²) in [5.74, 6) is 0.536. The van der Waals surface area contributed by atoms with Crippen LogP contribution in [0.3, 0.4) is 0 Å². The fraction of sp³-hybridized carbons (Fsp3) is 0. The summed E-state index contributed by atoms with van der Waals surface area (Å²) in [7, 11) is 0. The highest BCUT2D eigenvalue weighted by Crippen LogP contribution is 2.26. The Morgan fingerprint density at radius 3 is 2.24 bits per heavy atom. The van der Waals surface area contributed by atoms with E-state index in [-0.39, 0.29) is 5.56 Å². The number of thiazole rings is 1. The number of benzene rings is 3. The molecule has 0 aliphatic carbocycles. The molecular formula is C26H16ClN5OS. The molecule has 8 heteroatoms. The van der Waals surface area contributed by atoms with Crippen LogP contribution in [0.15, 0.2) is 95.9 Å². The van der Waals surface area contributed by atoms with Gasteiger partial charge in [0.1, 0.15) is 5.69 Å². The SMILES string of the molecule is O=c1c(=Cc2cn(-c3ccccc3)nc2-c2ccc(Cl)cc2)sc2nc(-c3ccccc3)nn12. The van der Waals surface area contributed by atoms with E-state index in [9.17, 15) is 4.79 Å². The van der Waals surface area contributed by atoms with E-state index in [1.807, 2.05) is 102 Å². The van der Waals surface area contributed by atoms with Gasteiger partial charge in [0.25, 0.3) is 5.56 Å². The fourth-order valence-electron chi connectivity index (χ4n) is 3.72. The molecule has 3 aromatic heterocycles. The molecule has 0 spiro atoms. The number of halogens is 1. The first-order valence-electron chi connectivity index (χ1n) is 10.5. The van der Waals surface area contributed by atoms with Gasteiger partial charge in [-0.05, 0) is 30.3 Å². The number of aromatic nitrogens is 5. The smallest absolute Gasteiger partial charge is 0.266 e. The number of nitrogens with zero attached hydrogens (tertiary/aromatic N) is 5.